The van der Waals surface area contributed by atoms with Gasteiger partial charge in [0.05, 0.1) is 11.1 Å². The molecule has 1 aliphatic heterocycles. The maximum Gasteiger partial charge on any atom is 0.265 e. The minimum Gasteiger partial charge on any atom is -0.479 e. The van der Waals surface area contributed by atoms with Crippen LogP contribution in [0, 0.1) is 0 Å². The van der Waals surface area contributed by atoms with Crippen LogP contribution in [0.1, 0.15) is 12.5 Å². The van der Waals surface area contributed by atoms with Crippen LogP contribution in [-0.4, -0.2) is 36.0 Å². The summed E-state index contributed by atoms with van der Waals surface area (Å²) in [6.45, 7) is 2.71. The van der Waals surface area contributed by atoms with Gasteiger partial charge in [-0.1, -0.05) is 22.0 Å². The number of halogens is 1. The molecular formula is C13H17BrN2O2. The largest absolute Gasteiger partial charge is 0.479 e. The Kier molecular flexibility index (Phi) is 4.24. The van der Waals surface area contributed by atoms with Crippen LogP contribution < -0.4 is 10.1 Å². The van der Waals surface area contributed by atoms with Crippen molar-refractivity contribution >= 4 is 27.5 Å². The van der Waals surface area contributed by atoms with Gasteiger partial charge in [-0.3, -0.25) is 9.69 Å². The summed E-state index contributed by atoms with van der Waals surface area (Å²) in [5, 5.41) is 2.86. The monoisotopic (exact) mass is 312 g/mol. The van der Waals surface area contributed by atoms with Gasteiger partial charge in [-0.05, 0) is 38.1 Å². The zero-order valence-electron chi connectivity index (χ0n) is 10.6. The van der Waals surface area contributed by atoms with Gasteiger partial charge in [0.15, 0.2) is 6.10 Å². The number of benzene rings is 1. The summed E-state index contributed by atoms with van der Waals surface area (Å²) in [6.07, 6.45) is 0.531. The lowest BCUT2D eigenvalue weighted by atomic mass is 10.1. The maximum atomic E-state index is 11.5. The molecule has 0 saturated carbocycles. The van der Waals surface area contributed by atoms with Crippen molar-refractivity contribution in [3.05, 3.63) is 23.8 Å². The van der Waals surface area contributed by atoms with E-state index < -0.39 is 6.10 Å². The fourth-order valence-corrected chi connectivity index (χ4v) is 2.04. The van der Waals surface area contributed by atoms with E-state index >= 15 is 0 Å². The van der Waals surface area contributed by atoms with Gasteiger partial charge < -0.3 is 10.1 Å². The number of rotatable bonds is 4. The molecule has 5 heteroatoms. The number of carbonyl (C=O) groups is 1. The van der Waals surface area contributed by atoms with Crippen LogP contribution in [0.25, 0.3) is 0 Å². The van der Waals surface area contributed by atoms with Crippen LogP contribution in [0.15, 0.2) is 18.2 Å². The van der Waals surface area contributed by atoms with Crippen LogP contribution in [0.5, 0.6) is 5.75 Å². The second kappa shape index (κ2) is 5.71. The quantitative estimate of drug-likeness (QED) is 0.685. The highest BCUT2D eigenvalue weighted by Gasteiger charge is 2.23. The molecule has 1 heterocycles. The normalized spacial score (nSPS) is 18.2. The minimum absolute atomic E-state index is 0.0859. The first-order valence-electron chi connectivity index (χ1n) is 5.95. The molecule has 1 amide bonds. The van der Waals surface area contributed by atoms with E-state index in [1.54, 1.807) is 6.92 Å². The number of likely N-dealkylation sites (N-methyl/N-ethyl adjacent to an activating group) is 1. The summed E-state index contributed by atoms with van der Waals surface area (Å²) in [7, 11) is 2.06. The molecule has 2 rings (SSSR count). The minimum atomic E-state index is -0.414. The summed E-state index contributed by atoms with van der Waals surface area (Å²) in [5.74, 6) is 0.664. The maximum absolute atomic E-state index is 11.5. The number of hydrogen-bond acceptors (Lipinski definition) is 3. The highest BCUT2D eigenvalue weighted by atomic mass is 79.9. The van der Waals surface area contributed by atoms with Gasteiger partial charge in [-0.2, -0.15) is 0 Å². The molecule has 0 bridgehead atoms. The number of amides is 1. The van der Waals surface area contributed by atoms with Gasteiger partial charge in [-0.25, -0.2) is 0 Å². The van der Waals surface area contributed by atoms with E-state index in [2.05, 4.69) is 33.2 Å². The van der Waals surface area contributed by atoms with E-state index in [-0.39, 0.29) is 5.91 Å². The van der Waals surface area contributed by atoms with Gasteiger partial charge in [0.25, 0.3) is 5.91 Å². The van der Waals surface area contributed by atoms with E-state index in [4.69, 9.17) is 4.74 Å². The van der Waals surface area contributed by atoms with Crippen molar-refractivity contribution in [2.24, 2.45) is 0 Å². The third kappa shape index (κ3) is 3.03. The lowest BCUT2D eigenvalue weighted by Gasteiger charge is -2.24. The van der Waals surface area contributed by atoms with E-state index in [1.165, 1.54) is 5.56 Å². The number of alkyl halides is 1. The average Bonchev–Trinajstić information content (AvgIpc) is 2.37. The molecule has 1 atom stereocenters. The van der Waals surface area contributed by atoms with Gasteiger partial charge >= 0.3 is 0 Å². The highest BCUT2D eigenvalue weighted by molar-refractivity contribution is 9.09. The topological polar surface area (TPSA) is 41.6 Å². The van der Waals surface area contributed by atoms with Gasteiger partial charge in [0, 0.05) is 6.54 Å². The van der Waals surface area contributed by atoms with Crippen LogP contribution >= 0.6 is 15.9 Å². The number of hydrogen-bond donors (Lipinski definition) is 1. The first-order valence-corrected chi connectivity index (χ1v) is 7.07. The molecule has 0 fully saturated rings. The molecule has 1 unspecified atom stereocenters. The zero-order chi connectivity index (χ0) is 13.1. The number of fused-ring (bicyclic) bond motifs is 1. The molecule has 1 aromatic rings. The molecule has 1 aromatic carbocycles. The summed E-state index contributed by atoms with van der Waals surface area (Å²) >= 11 is 3.41. The van der Waals surface area contributed by atoms with Crippen molar-refractivity contribution in [1.29, 1.82) is 0 Å². The van der Waals surface area contributed by atoms with Crippen molar-refractivity contribution in [2.75, 3.05) is 24.4 Å². The Balaban J connectivity index is 2.08. The molecule has 1 N–H and O–H groups in total. The van der Waals surface area contributed by atoms with Crippen LogP contribution in [0.3, 0.4) is 0 Å². The molecular weight excluding hydrogens is 296 g/mol. The summed E-state index contributed by atoms with van der Waals surface area (Å²) < 4.78 is 5.52. The summed E-state index contributed by atoms with van der Waals surface area (Å²) in [6, 6.07) is 5.96. The SMILES string of the molecule is CC1Oc2ccc(CCN(C)CBr)cc2NC1=O. The lowest BCUT2D eigenvalue weighted by molar-refractivity contribution is -0.122. The molecule has 4 nitrogen and oxygen atoms in total. The standard InChI is InChI=1S/C13H17BrN2O2/c1-9-13(17)15-11-7-10(3-4-12(11)18-9)5-6-16(2)8-14/h3-4,7,9H,5-6,8H2,1-2H3,(H,15,17). The lowest BCUT2D eigenvalue weighted by Crippen LogP contribution is -2.34. The number of nitrogens with zero attached hydrogens (tertiary/aromatic N) is 1. The molecule has 0 saturated heterocycles. The summed E-state index contributed by atoms with van der Waals surface area (Å²) in [5.41, 5.74) is 2.83. The zero-order valence-corrected chi connectivity index (χ0v) is 12.2. The predicted octanol–water partition coefficient (Wildman–Crippen LogP) is 2.23. The first-order chi connectivity index (χ1) is 8.60. The Labute approximate surface area is 115 Å². The van der Waals surface area contributed by atoms with E-state index in [0.29, 0.717) is 0 Å². The van der Waals surface area contributed by atoms with Crippen molar-refractivity contribution in [3.8, 4) is 5.75 Å². The van der Waals surface area contributed by atoms with Crippen molar-refractivity contribution < 1.29 is 9.53 Å². The smallest absolute Gasteiger partial charge is 0.265 e. The number of anilines is 1. The van der Waals surface area contributed by atoms with Crippen molar-refractivity contribution in [2.45, 2.75) is 19.4 Å². The third-order valence-corrected chi connectivity index (χ3v) is 3.82. The second-order valence-electron chi connectivity index (χ2n) is 4.53. The van der Waals surface area contributed by atoms with E-state index in [0.717, 1.165) is 29.9 Å². The van der Waals surface area contributed by atoms with Crippen LogP contribution in [-0.2, 0) is 11.2 Å². The molecule has 0 radical (unpaired) electrons. The number of ether oxygens (including phenoxy) is 1. The summed E-state index contributed by atoms with van der Waals surface area (Å²) in [4.78, 5) is 13.7. The fraction of sp³-hybridized carbons (Fsp3) is 0.462. The molecule has 0 aromatic heterocycles. The predicted molar refractivity (Wildman–Crippen MR) is 75.3 cm³/mol. The van der Waals surface area contributed by atoms with Crippen molar-refractivity contribution in [1.82, 2.24) is 4.90 Å². The third-order valence-electron chi connectivity index (χ3n) is 2.96. The molecule has 0 spiro atoms. The number of nitrogens with one attached hydrogen (secondary N) is 1. The van der Waals surface area contributed by atoms with E-state index in [1.807, 2.05) is 18.2 Å². The van der Waals surface area contributed by atoms with Crippen molar-refractivity contribution in [3.63, 3.8) is 0 Å². The Morgan fingerprint density at radius 1 is 1.50 bits per heavy atom. The van der Waals surface area contributed by atoms with Gasteiger partial charge in [-0.15, -0.1) is 0 Å². The van der Waals surface area contributed by atoms with Crippen LogP contribution in [0.4, 0.5) is 5.69 Å². The van der Waals surface area contributed by atoms with Gasteiger partial charge in [0.1, 0.15) is 5.75 Å². The fourth-order valence-electron chi connectivity index (χ4n) is 1.79. The molecule has 98 valence electrons. The van der Waals surface area contributed by atoms with Gasteiger partial charge in [0.2, 0.25) is 0 Å². The first kappa shape index (κ1) is 13.4. The average molecular weight is 313 g/mol. The molecule has 0 aliphatic carbocycles. The Bertz CT molecular complexity index is 451. The Hall–Kier alpha value is -1.07. The molecule has 18 heavy (non-hydrogen) atoms. The molecule has 1 aliphatic rings. The Morgan fingerprint density at radius 3 is 3.00 bits per heavy atom. The van der Waals surface area contributed by atoms with Crippen LogP contribution in [0.2, 0.25) is 0 Å². The highest BCUT2D eigenvalue weighted by Crippen LogP contribution is 2.30. The Morgan fingerprint density at radius 2 is 2.28 bits per heavy atom. The van der Waals surface area contributed by atoms with E-state index in [9.17, 15) is 4.79 Å². The number of carbonyl (C=O) groups excluding carboxylic acids is 1. The second-order valence-corrected chi connectivity index (χ2v) is 5.03.